The van der Waals surface area contributed by atoms with Crippen molar-refractivity contribution in [3.63, 3.8) is 0 Å². The van der Waals surface area contributed by atoms with Gasteiger partial charge in [0, 0.05) is 44.1 Å². The Kier molecular flexibility index (Phi) is 23.5. The Bertz CT molecular complexity index is 4020. The maximum atomic E-state index is 14.4. The zero-order chi connectivity index (χ0) is 71.6. The van der Waals surface area contributed by atoms with Gasteiger partial charge in [0.25, 0.3) is 5.19 Å². The number of fused-ring (bicyclic) bond motifs is 6. The van der Waals surface area contributed by atoms with Gasteiger partial charge in [0.2, 0.25) is 43.7 Å². The van der Waals surface area contributed by atoms with Crippen LogP contribution in [0.1, 0.15) is 194 Å². The fraction of sp³-hybridized carbons (Fsp3) is 0.639. The molecule has 0 unspecified atom stereocenters. The molecule has 540 valence electrons. The molecule has 27 heteroatoms. The maximum Gasteiger partial charge on any atom is 0.307 e. The van der Waals surface area contributed by atoms with E-state index in [1.54, 1.807) is 41.5 Å². The lowest BCUT2D eigenvalue weighted by atomic mass is 9.90. The SMILES string of the molecule is CC(C)(C)OC(=O)C[C@H]1CCCCC/C=C\[C@@H]2C[C@@]2(C(=O)NS(=O)(=O)C2CC2)CC(=O)[C@@H]2C[C@@H](O)CN2C1=O.Cc1cccc2nc(Cl)sc12.Cc1cccc2nc(O[C@@H]3C[C@H]4C(=O)C[C@]5(C(=O)NS(=O)(=O)C6CC6)C[C@H]5/C=C\CCCCC[C@H](CC(=O)OC(C)(C)C)C(=O)N4C3)sc12. The number of aliphatic hydroxyl groups excluding tert-OH is 1. The molecular weight excluding hydrogens is 1370 g/mol. The molecule has 0 bridgehead atoms. The molecule has 4 saturated carbocycles. The first-order chi connectivity index (χ1) is 46.6. The number of ether oxygens (including phenoxy) is 3. The summed E-state index contributed by atoms with van der Waals surface area (Å²) >= 11 is 8.70. The lowest BCUT2D eigenvalue weighted by Crippen LogP contribution is -2.46. The average Bonchev–Trinajstić information content (AvgIpc) is 1.58. The summed E-state index contributed by atoms with van der Waals surface area (Å²) in [5.74, 6) is -5.57. The topological polar surface area (TPSA) is 309 Å². The molecule has 2 aromatic carbocycles. The molecule has 22 nitrogen and oxygen atoms in total. The number of hydrogen-bond acceptors (Lipinski definition) is 20. The number of benzene rings is 2. The third-order valence-electron chi connectivity index (χ3n) is 19.8. The van der Waals surface area contributed by atoms with Crippen LogP contribution in [-0.2, 0) is 67.9 Å². The van der Waals surface area contributed by atoms with Crippen LogP contribution in [0, 0.1) is 48.3 Å². The standard InChI is InChI=1S/C36H47N3O8S2.C28H42N2O8S.C8H6ClNS/c1-22-11-10-14-27-31(22)48-34(37-27)46-25-18-28-29(40)20-36(33(43)38-49(44,45)26-15-16-26)19-24(36)13-9-7-5-6-8-12-23(32(42)39(28)21-25)17-30(41)47-35(2,3)4;1-27(2,3)38-24(33)13-18-9-7-5-4-6-8-10-19-15-28(19,26(35)29-39(36,37)21-11-12-21)16-23(32)22-14-20(31)17-30(22)25(18)34;1-5-3-2-4-6-7(5)11-8(9)10-6/h9-11,13-14,23-26,28H,5-8,12,15-21H2,1-4H3,(H,38,43);8,10,18-22,31H,4-7,9,11-17H2,1-3H3,(H,29,35);2-4H,1H3/b13-9-;10-8-;/t23-,24-,25-,28+,36-;18-,19-,20-,22+,28-;/m11./s1. The molecule has 4 aromatic rings. The summed E-state index contributed by atoms with van der Waals surface area (Å²) in [6.07, 6.45) is 16.0. The second-order valence-corrected chi connectivity index (χ2v) is 36.8. The molecule has 3 N–H and O–H groups in total. The third-order valence-corrected chi connectivity index (χ3v) is 25.8. The molecular formula is C72H95ClN6O16S4. The van der Waals surface area contributed by atoms with Crippen molar-refractivity contribution in [2.75, 3.05) is 13.1 Å². The van der Waals surface area contributed by atoms with E-state index in [0.29, 0.717) is 61.0 Å². The third kappa shape index (κ3) is 19.3. The number of allylic oxidation sites excluding steroid dienone is 4. The van der Waals surface area contributed by atoms with E-state index in [1.807, 2.05) is 61.6 Å². The first kappa shape index (κ1) is 75.5. The number of esters is 2. The van der Waals surface area contributed by atoms with Crippen LogP contribution < -0.4 is 14.2 Å². The summed E-state index contributed by atoms with van der Waals surface area (Å²) in [7, 11) is -7.60. The predicted octanol–water partition coefficient (Wildman–Crippen LogP) is 11.0. The molecule has 8 aliphatic rings. The van der Waals surface area contributed by atoms with Crippen molar-refractivity contribution in [2.45, 2.75) is 243 Å². The van der Waals surface area contributed by atoms with E-state index >= 15 is 0 Å². The van der Waals surface area contributed by atoms with Gasteiger partial charge < -0.3 is 29.1 Å². The number of aliphatic hydroxyl groups is 1. The van der Waals surface area contributed by atoms with Crippen LogP contribution in [0.2, 0.25) is 4.47 Å². The number of carbonyl (C=O) groups excluding carboxylic acids is 8. The smallest absolute Gasteiger partial charge is 0.307 e. The monoisotopic (exact) mass is 1460 g/mol. The molecule has 4 aliphatic heterocycles. The summed E-state index contributed by atoms with van der Waals surface area (Å²) in [5, 5.41) is 9.74. The van der Waals surface area contributed by atoms with Crippen molar-refractivity contribution < 1.29 is 74.5 Å². The average molecular weight is 1460 g/mol. The second kappa shape index (κ2) is 30.8. The van der Waals surface area contributed by atoms with E-state index in [0.717, 1.165) is 72.7 Å². The largest absolute Gasteiger partial charge is 0.465 e. The minimum absolute atomic E-state index is 0.0291. The molecule has 10 atom stereocenters. The molecule has 99 heavy (non-hydrogen) atoms. The first-order valence-corrected chi connectivity index (χ1v) is 40.0. The number of ketones is 2. The van der Waals surface area contributed by atoms with Gasteiger partial charge >= 0.3 is 11.9 Å². The number of nitrogens with zero attached hydrogens (tertiary/aromatic N) is 4. The van der Waals surface area contributed by atoms with Gasteiger partial charge in [-0.3, -0.25) is 47.8 Å². The summed E-state index contributed by atoms with van der Waals surface area (Å²) < 4.78 is 75.3. The van der Waals surface area contributed by atoms with Gasteiger partial charge in [-0.2, -0.15) is 0 Å². The number of Topliss-reactive ketones (excluding diaryl/α,β-unsaturated/α-hetero) is 2. The van der Waals surface area contributed by atoms with Crippen molar-refractivity contribution >= 4 is 122 Å². The number of carbonyl (C=O) groups is 8. The van der Waals surface area contributed by atoms with Crippen LogP contribution in [0.25, 0.3) is 20.4 Å². The fourth-order valence-corrected chi connectivity index (χ4v) is 18.9. The number of amides is 4. The van der Waals surface area contributed by atoms with E-state index in [-0.39, 0.29) is 86.8 Å². The van der Waals surface area contributed by atoms with Crippen LogP contribution in [0.4, 0.5) is 0 Å². The Morgan fingerprint density at radius 2 is 1.06 bits per heavy atom. The quantitative estimate of drug-likeness (QED) is 0.0876. The lowest BCUT2D eigenvalue weighted by Gasteiger charge is -2.29. The van der Waals surface area contributed by atoms with Gasteiger partial charge in [0.15, 0.2) is 16.0 Å². The number of sulfonamides is 2. The first-order valence-electron chi connectivity index (χ1n) is 34.9. The van der Waals surface area contributed by atoms with Gasteiger partial charge in [-0.05, 0) is 168 Å². The van der Waals surface area contributed by atoms with Crippen LogP contribution in [-0.4, -0.2) is 148 Å². The van der Waals surface area contributed by atoms with Crippen molar-refractivity contribution in [2.24, 2.45) is 34.5 Å². The van der Waals surface area contributed by atoms with Crippen LogP contribution in [0.3, 0.4) is 0 Å². The Morgan fingerprint density at radius 1 is 0.616 bits per heavy atom. The molecule has 12 rings (SSSR count). The molecule has 0 spiro atoms. The highest BCUT2D eigenvalue weighted by Gasteiger charge is 2.63. The van der Waals surface area contributed by atoms with Gasteiger partial charge in [-0.1, -0.05) is 97.2 Å². The normalized spacial score (nSPS) is 28.6. The van der Waals surface area contributed by atoms with E-state index in [4.69, 9.17) is 25.8 Å². The molecule has 4 aliphatic carbocycles. The molecule has 6 heterocycles. The number of halogens is 1. The van der Waals surface area contributed by atoms with Crippen LogP contribution in [0.5, 0.6) is 5.19 Å². The summed E-state index contributed by atoms with van der Waals surface area (Å²) in [6.45, 7) is 14.8. The van der Waals surface area contributed by atoms with Gasteiger partial charge in [-0.15, -0.1) is 11.3 Å². The van der Waals surface area contributed by atoms with E-state index in [9.17, 15) is 60.3 Å². The highest BCUT2D eigenvalue weighted by atomic mass is 35.5. The van der Waals surface area contributed by atoms with E-state index in [1.165, 1.54) is 42.7 Å². The molecule has 0 radical (unpaired) electrons. The lowest BCUT2D eigenvalue weighted by molar-refractivity contribution is -0.159. The van der Waals surface area contributed by atoms with Crippen LogP contribution in [0.15, 0.2) is 60.7 Å². The number of aromatic nitrogens is 2. The van der Waals surface area contributed by atoms with Crippen molar-refractivity contribution in [3.05, 3.63) is 76.3 Å². The number of nitrogens with one attached hydrogen (secondary N) is 2. The van der Waals surface area contributed by atoms with E-state index < -0.39 is 112 Å². The summed E-state index contributed by atoms with van der Waals surface area (Å²) in [5.41, 5.74) is 0.316. The molecule has 6 fully saturated rings. The Labute approximate surface area is 593 Å². The minimum atomic E-state index is -3.82. The molecule has 4 amide bonds. The Balaban J connectivity index is 0.000000188. The van der Waals surface area contributed by atoms with Crippen molar-refractivity contribution in [1.82, 2.24) is 29.2 Å². The highest BCUT2D eigenvalue weighted by molar-refractivity contribution is 7.91. The zero-order valence-electron chi connectivity index (χ0n) is 57.9. The van der Waals surface area contributed by atoms with Gasteiger partial charge in [-0.25, -0.2) is 26.8 Å². The van der Waals surface area contributed by atoms with Crippen molar-refractivity contribution in [3.8, 4) is 5.19 Å². The number of thiazole rings is 2. The highest BCUT2D eigenvalue weighted by Crippen LogP contribution is 2.59. The Morgan fingerprint density at radius 3 is 1.51 bits per heavy atom. The molecule has 2 saturated heterocycles. The second-order valence-electron chi connectivity index (χ2n) is 30.3. The minimum Gasteiger partial charge on any atom is -0.465 e. The summed E-state index contributed by atoms with van der Waals surface area (Å²) in [4.78, 5) is 120. The Hall–Kier alpha value is -6.19. The van der Waals surface area contributed by atoms with Crippen LogP contribution >= 0.6 is 34.3 Å². The number of hydrogen-bond donors (Lipinski definition) is 3. The number of aryl methyl sites for hydroxylation is 2. The van der Waals surface area contributed by atoms with Gasteiger partial charge in [0.05, 0.1) is 79.3 Å². The van der Waals surface area contributed by atoms with E-state index in [2.05, 4.69) is 32.4 Å². The van der Waals surface area contributed by atoms with Gasteiger partial charge in [0.1, 0.15) is 17.3 Å². The molecule has 2 aromatic heterocycles. The zero-order valence-corrected chi connectivity index (χ0v) is 61.9. The number of rotatable bonds is 12. The fourth-order valence-electron chi connectivity index (χ4n) is 14.1. The van der Waals surface area contributed by atoms with Crippen molar-refractivity contribution in [1.29, 1.82) is 0 Å². The maximum absolute atomic E-state index is 14.4. The predicted molar refractivity (Wildman–Crippen MR) is 377 cm³/mol. The summed E-state index contributed by atoms with van der Waals surface area (Å²) in [6, 6.07) is 10.0.